The van der Waals surface area contributed by atoms with E-state index in [4.69, 9.17) is 5.73 Å². The van der Waals surface area contributed by atoms with Crippen molar-refractivity contribution in [2.75, 3.05) is 38.6 Å². The summed E-state index contributed by atoms with van der Waals surface area (Å²) in [7, 11) is 3.48. The third-order valence-corrected chi connectivity index (χ3v) is 3.59. The van der Waals surface area contributed by atoms with Crippen molar-refractivity contribution in [1.82, 2.24) is 9.88 Å². The topological polar surface area (TPSA) is 62.5 Å². The monoisotopic (exact) mass is 262 g/mol. The van der Waals surface area contributed by atoms with Gasteiger partial charge in [0.05, 0.1) is 0 Å². The zero-order chi connectivity index (χ0) is 13.8. The Hall–Kier alpha value is -1.62. The number of rotatable bonds is 4. The number of hydrogen-bond acceptors (Lipinski definition) is 4. The van der Waals surface area contributed by atoms with E-state index in [1.165, 1.54) is 6.42 Å². The average Bonchev–Trinajstić information content (AvgIpc) is 2.87. The lowest BCUT2D eigenvalue weighted by Gasteiger charge is -2.19. The molecular formula is C14H22N4O. The molecule has 0 radical (unpaired) electrons. The van der Waals surface area contributed by atoms with Crippen LogP contribution in [0.15, 0.2) is 18.3 Å². The Kier molecular flexibility index (Phi) is 4.37. The second-order valence-corrected chi connectivity index (χ2v) is 5.28. The fourth-order valence-corrected chi connectivity index (χ4v) is 2.50. The van der Waals surface area contributed by atoms with Crippen molar-refractivity contribution in [3.8, 4) is 0 Å². The molecule has 2 rings (SSSR count). The van der Waals surface area contributed by atoms with Crippen LogP contribution < -0.4 is 10.6 Å². The van der Waals surface area contributed by atoms with Gasteiger partial charge in [-0.15, -0.1) is 0 Å². The predicted molar refractivity (Wildman–Crippen MR) is 76.2 cm³/mol. The van der Waals surface area contributed by atoms with Crippen LogP contribution in [0, 0.1) is 5.92 Å². The van der Waals surface area contributed by atoms with Crippen molar-refractivity contribution in [2.45, 2.75) is 12.8 Å². The lowest BCUT2D eigenvalue weighted by Crippen LogP contribution is -2.24. The minimum absolute atomic E-state index is 0.0560. The van der Waals surface area contributed by atoms with E-state index >= 15 is 0 Å². The number of carbonyl (C=O) groups excluding carboxylic acids is 1. The predicted octanol–water partition coefficient (Wildman–Crippen LogP) is 0.958. The van der Waals surface area contributed by atoms with Crippen LogP contribution in [0.2, 0.25) is 0 Å². The summed E-state index contributed by atoms with van der Waals surface area (Å²) in [4.78, 5) is 19.9. The van der Waals surface area contributed by atoms with E-state index < -0.39 is 0 Å². The van der Waals surface area contributed by atoms with Gasteiger partial charge in [-0.1, -0.05) is 0 Å². The number of nitrogens with two attached hydrogens (primary N) is 1. The Balaban J connectivity index is 2.09. The van der Waals surface area contributed by atoms with E-state index in [0.717, 1.165) is 31.7 Å². The Morgan fingerprint density at radius 2 is 2.37 bits per heavy atom. The summed E-state index contributed by atoms with van der Waals surface area (Å²) >= 11 is 0. The summed E-state index contributed by atoms with van der Waals surface area (Å²) in [6.07, 6.45) is 3.96. The van der Waals surface area contributed by atoms with Crippen molar-refractivity contribution in [1.29, 1.82) is 0 Å². The zero-order valence-corrected chi connectivity index (χ0v) is 11.7. The highest BCUT2D eigenvalue weighted by atomic mass is 16.2. The summed E-state index contributed by atoms with van der Waals surface area (Å²) in [6, 6.07) is 3.85. The Labute approximate surface area is 114 Å². The number of carbonyl (C=O) groups is 1. The number of nitrogens with zero attached hydrogens (tertiary/aromatic N) is 3. The third-order valence-electron chi connectivity index (χ3n) is 3.59. The summed E-state index contributed by atoms with van der Waals surface area (Å²) in [6.45, 7) is 2.81. The quantitative estimate of drug-likeness (QED) is 0.878. The van der Waals surface area contributed by atoms with Crippen LogP contribution in [0.4, 0.5) is 5.69 Å². The van der Waals surface area contributed by atoms with E-state index in [0.29, 0.717) is 11.6 Å². The van der Waals surface area contributed by atoms with Crippen LogP contribution in [-0.4, -0.2) is 49.5 Å². The van der Waals surface area contributed by atoms with E-state index in [9.17, 15) is 4.79 Å². The lowest BCUT2D eigenvalue weighted by atomic mass is 10.1. The van der Waals surface area contributed by atoms with Crippen molar-refractivity contribution in [3.63, 3.8) is 0 Å². The first-order valence-electron chi connectivity index (χ1n) is 6.74. The molecule has 2 N–H and O–H groups in total. The molecule has 1 aromatic heterocycles. The largest absolute Gasteiger partial charge is 0.371 e. The standard InChI is InChI=1S/C14H22N4O/c1-17(2)14(19)13-9-12(4-7-16-13)18-8-5-11(10-18)3-6-15/h4,7,9,11H,3,5-6,8,10,15H2,1-2H3. The molecule has 104 valence electrons. The molecule has 1 atom stereocenters. The van der Waals surface area contributed by atoms with Gasteiger partial charge in [-0.2, -0.15) is 0 Å². The average molecular weight is 262 g/mol. The van der Waals surface area contributed by atoms with E-state index in [-0.39, 0.29) is 5.91 Å². The normalized spacial score (nSPS) is 18.7. The first kappa shape index (κ1) is 13.8. The smallest absolute Gasteiger partial charge is 0.272 e. The highest BCUT2D eigenvalue weighted by Gasteiger charge is 2.22. The molecule has 1 fully saturated rings. The van der Waals surface area contributed by atoms with Gasteiger partial charge in [-0.25, -0.2) is 0 Å². The summed E-state index contributed by atoms with van der Waals surface area (Å²) < 4.78 is 0. The van der Waals surface area contributed by atoms with Gasteiger partial charge >= 0.3 is 0 Å². The molecule has 5 nitrogen and oxygen atoms in total. The number of pyridine rings is 1. The summed E-state index contributed by atoms with van der Waals surface area (Å²) in [5.41, 5.74) is 7.20. The second kappa shape index (κ2) is 6.02. The van der Waals surface area contributed by atoms with E-state index in [1.54, 1.807) is 25.2 Å². The van der Waals surface area contributed by atoms with Crippen LogP contribution in [0.25, 0.3) is 0 Å². The number of aromatic nitrogens is 1. The molecule has 0 aromatic carbocycles. The van der Waals surface area contributed by atoms with E-state index in [1.807, 2.05) is 12.1 Å². The van der Waals surface area contributed by atoms with Gasteiger partial charge in [0.1, 0.15) is 5.69 Å². The van der Waals surface area contributed by atoms with Crippen LogP contribution in [0.1, 0.15) is 23.3 Å². The Morgan fingerprint density at radius 3 is 3.05 bits per heavy atom. The number of anilines is 1. The molecule has 0 aliphatic carbocycles. The lowest BCUT2D eigenvalue weighted by molar-refractivity contribution is 0.0822. The van der Waals surface area contributed by atoms with Gasteiger partial charge in [0, 0.05) is 39.1 Å². The van der Waals surface area contributed by atoms with Crippen LogP contribution in [-0.2, 0) is 0 Å². The number of hydrogen-bond donors (Lipinski definition) is 1. The zero-order valence-electron chi connectivity index (χ0n) is 11.7. The highest BCUT2D eigenvalue weighted by molar-refractivity contribution is 5.92. The summed E-state index contributed by atoms with van der Waals surface area (Å²) in [5, 5.41) is 0. The second-order valence-electron chi connectivity index (χ2n) is 5.28. The van der Waals surface area contributed by atoms with Crippen molar-refractivity contribution >= 4 is 11.6 Å². The molecule has 1 aliphatic heterocycles. The molecule has 1 aromatic rings. The maximum absolute atomic E-state index is 11.9. The summed E-state index contributed by atoms with van der Waals surface area (Å²) in [5.74, 6) is 0.616. The first-order chi connectivity index (χ1) is 9.11. The van der Waals surface area contributed by atoms with Gasteiger partial charge in [-0.05, 0) is 37.4 Å². The SMILES string of the molecule is CN(C)C(=O)c1cc(N2CCC(CCN)C2)ccn1. The molecule has 1 unspecified atom stereocenters. The minimum Gasteiger partial charge on any atom is -0.371 e. The Morgan fingerprint density at radius 1 is 1.58 bits per heavy atom. The maximum atomic E-state index is 11.9. The Bertz CT molecular complexity index is 447. The highest BCUT2D eigenvalue weighted by Crippen LogP contribution is 2.25. The third kappa shape index (κ3) is 3.23. The van der Waals surface area contributed by atoms with Crippen molar-refractivity contribution in [2.24, 2.45) is 11.7 Å². The van der Waals surface area contributed by atoms with Gasteiger partial charge < -0.3 is 15.5 Å². The molecular weight excluding hydrogens is 240 g/mol. The molecule has 1 saturated heterocycles. The molecule has 0 spiro atoms. The molecule has 1 amide bonds. The van der Waals surface area contributed by atoms with Crippen LogP contribution in [0.3, 0.4) is 0 Å². The maximum Gasteiger partial charge on any atom is 0.272 e. The first-order valence-corrected chi connectivity index (χ1v) is 6.74. The molecule has 5 heteroatoms. The van der Waals surface area contributed by atoms with Gasteiger partial charge in [0.2, 0.25) is 0 Å². The molecule has 19 heavy (non-hydrogen) atoms. The van der Waals surface area contributed by atoms with E-state index in [2.05, 4.69) is 9.88 Å². The van der Waals surface area contributed by atoms with Crippen LogP contribution >= 0.6 is 0 Å². The minimum atomic E-state index is -0.0560. The van der Waals surface area contributed by atoms with Gasteiger partial charge in [0.25, 0.3) is 5.91 Å². The van der Waals surface area contributed by atoms with Crippen molar-refractivity contribution in [3.05, 3.63) is 24.0 Å². The molecule has 1 aliphatic rings. The fourth-order valence-electron chi connectivity index (χ4n) is 2.50. The van der Waals surface area contributed by atoms with Gasteiger partial charge in [0.15, 0.2) is 0 Å². The van der Waals surface area contributed by atoms with Gasteiger partial charge in [-0.3, -0.25) is 9.78 Å². The van der Waals surface area contributed by atoms with Crippen molar-refractivity contribution < 1.29 is 4.79 Å². The van der Waals surface area contributed by atoms with Crippen LogP contribution in [0.5, 0.6) is 0 Å². The molecule has 0 bridgehead atoms. The fraction of sp³-hybridized carbons (Fsp3) is 0.571. The number of amides is 1. The molecule has 2 heterocycles. The molecule has 0 saturated carbocycles.